The van der Waals surface area contributed by atoms with Crippen LogP contribution in [0.2, 0.25) is 0 Å². The predicted octanol–water partition coefficient (Wildman–Crippen LogP) is -0.155. The number of aliphatic hydroxyl groups excluding tert-OH is 1. The summed E-state index contributed by atoms with van der Waals surface area (Å²) in [7, 11) is 0. The van der Waals surface area contributed by atoms with Crippen LogP contribution in [0.4, 0.5) is 0 Å². The number of hydrogen-bond acceptors (Lipinski definition) is 3. The van der Waals surface area contributed by atoms with Crippen LogP contribution in [-0.4, -0.2) is 35.1 Å². The molecule has 1 N–H and O–H groups in total. The van der Waals surface area contributed by atoms with Crippen molar-refractivity contribution in [2.24, 2.45) is 17.8 Å². The number of rotatable bonds is 0. The van der Waals surface area contributed by atoms with Crippen LogP contribution < -0.4 is 0 Å². The van der Waals surface area contributed by atoms with Crippen molar-refractivity contribution >= 4 is 5.78 Å². The highest BCUT2D eigenvalue weighted by molar-refractivity contribution is 5.85. The Kier molecular flexibility index (Phi) is 1.23. The molecule has 3 saturated heterocycles. The minimum absolute atomic E-state index is 0.245. The van der Waals surface area contributed by atoms with E-state index in [-0.39, 0.29) is 18.1 Å². The molecule has 12 heavy (non-hydrogen) atoms. The zero-order chi connectivity index (χ0) is 8.29. The lowest BCUT2D eigenvalue weighted by atomic mass is 9.66. The molecule has 1 aliphatic carbocycles. The summed E-state index contributed by atoms with van der Waals surface area (Å²) in [5.41, 5.74) is 0. The van der Waals surface area contributed by atoms with E-state index in [1.54, 1.807) is 0 Å². The largest absolute Gasteiger partial charge is 0.378 e. The molecule has 3 nitrogen and oxygen atoms in total. The number of Topliss-reactive ketones (excluding diaryl/α,β-unsaturated/α-hetero) is 1. The van der Waals surface area contributed by atoms with Gasteiger partial charge >= 0.3 is 0 Å². The van der Waals surface area contributed by atoms with Gasteiger partial charge in [-0.3, -0.25) is 9.69 Å². The van der Waals surface area contributed by atoms with Gasteiger partial charge in [0.1, 0.15) is 12.0 Å². The molecule has 4 fully saturated rings. The van der Waals surface area contributed by atoms with Crippen LogP contribution >= 0.6 is 0 Å². The van der Waals surface area contributed by atoms with Crippen molar-refractivity contribution in [3.63, 3.8) is 0 Å². The molecule has 3 heteroatoms. The van der Waals surface area contributed by atoms with Crippen LogP contribution in [0.5, 0.6) is 0 Å². The van der Waals surface area contributed by atoms with Crippen LogP contribution in [0, 0.1) is 17.8 Å². The molecule has 0 aromatic rings. The van der Waals surface area contributed by atoms with Gasteiger partial charge in [0.2, 0.25) is 0 Å². The number of carbonyl (C=O) groups excluding carboxylic acids is 1. The summed E-state index contributed by atoms with van der Waals surface area (Å²) in [6.45, 7) is 1.62. The molecule has 0 amide bonds. The topological polar surface area (TPSA) is 40.5 Å². The highest BCUT2D eigenvalue weighted by Gasteiger charge is 2.50. The van der Waals surface area contributed by atoms with E-state index in [4.69, 9.17) is 0 Å². The third-order valence-corrected chi connectivity index (χ3v) is 3.68. The SMILES string of the molecule is O=C1C2CC3CC1CN(C2)C3O. The Bertz CT molecular complexity index is 207. The molecule has 3 aliphatic heterocycles. The molecule has 4 rings (SSSR count). The average Bonchev–Trinajstić information content (AvgIpc) is 2.02. The Morgan fingerprint density at radius 3 is 2.33 bits per heavy atom. The van der Waals surface area contributed by atoms with E-state index in [1.807, 2.05) is 0 Å². The molecule has 4 aliphatic rings. The van der Waals surface area contributed by atoms with Gasteiger partial charge in [-0.25, -0.2) is 0 Å². The molecule has 0 radical (unpaired) electrons. The molecule has 3 unspecified atom stereocenters. The van der Waals surface area contributed by atoms with Crippen LogP contribution in [0.25, 0.3) is 0 Å². The van der Waals surface area contributed by atoms with Gasteiger partial charge in [-0.05, 0) is 18.8 Å². The zero-order valence-electron chi connectivity index (χ0n) is 6.94. The summed E-state index contributed by atoms with van der Waals surface area (Å²) in [6, 6.07) is 0. The number of hydrogen-bond donors (Lipinski definition) is 1. The lowest BCUT2D eigenvalue weighted by Crippen LogP contribution is -2.62. The fraction of sp³-hybridized carbons (Fsp3) is 0.889. The summed E-state index contributed by atoms with van der Waals surface area (Å²) in [5.74, 6) is 1.37. The van der Waals surface area contributed by atoms with E-state index < -0.39 is 0 Å². The van der Waals surface area contributed by atoms with Gasteiger partial charge in [0.05, 0.1) is 0 Å². The first-order valence-corrected chi connectivity index (χ1v) is 4.71. The van der Waals surface area contributed by atoms with E-state index in [1.165, 1.54) is 0 Å². The Morgan fingerprint density at radius 2 is 1.83 bits per heavy atom. The van der Waals surface area contributed by atoms with Gasteiger partial charge in [0.15, 0.2) is 0 Å². The van der Waals surface area contributed by atoms with Crippen molar-refractivity contribution in [3.8, 4) is 0 Å². The first-order valence-electron chi connectivity index (χ1n) is 4.71. The first-order chi connectivity index (χ1) is 5.75. The second-order valence-corrected chi connectivity index (χ2v) is 4.40. The maximum atomic E-state index is 11.6. The average molecular weight is 167 g/mol. The van der Waals surface area contributed by atoms with Gasteiger partial charge in [-0.1, -0.05) is 0 Å². The third-order valence-electron chi connectivity index (χ3n) is 3.68. The van der Waals surface area contributed by atoms with Crippen LogP contribution in [-0.2, 0) is 4.79 Å². The predicted molar refractivity (Wildman–Crippen MR) is 42.3 cm³/mol. The van der Waals surface area contributed by atoms with Gasteiger partial charge in [-0.2, -0.15) is 0 Å². The minimum atomic E-state index is -0.245. The summed E-state index contributed by atoms with van der Waals surface area (Å²) in [5, 5.41) is 9.73. The van der Waals surface area contributed by atoms with E-state index in [2.05, 4.69) is 4.90 Å². The summed E-state index contributed by atoms with van der Waals surface area (Å²) < 4.78 is 0. The van der Waals surface area contributed by atoms with Gasteiger partial charge < -0.3 is 5.11 Å². The van der Waals surface area contributed by atoms with Crippen molar-refractivity contribution < 1.29 is 9.90 Å². The van der Waals surface area contributed by atoms with Crippen LogP contribution in [0.1, 0.15) is 12.8 Å². The van der Waals surface area contributed by atoms with Crippen molar-refractivity contribution in [2.75, 3.05) is 13.1 Å². The summed E-state index contributed by atoms with van der Waals surface area (Å²) in [6.07, 6.45) is 1.63. The molecule has 3 atom stereocenters. The number of carbonyl (C=O) groups is 1. The monoisotopic (exact) mass is 167 g/mol. The summed E-state index contributed by atoms with van der Waals surface area (Å²) in [4.78, 5) is 13.6. The lowest BCUT2D eigenvalue weighted by Gasteiger charge is -2.53. The van der Waals surface area contributed by atoms with Crippen molar-refractivity contribution in [1.82, 2.24) is 4.90 Å². The van der Waals surface area contributed by atoms with E-state index >= 15 is 0 Å². The minimum Gasteiger partial charge on any atom is -0.378 e. The van der Waals surface area contributed by atoms with E-state index in [0.29, 0.717) is 11.7 Å². The Hall–Kier alpha value is -0.410. The van der Waals surface area contributed by atoms with E-state index in [9.17, 15) is 9.90 Å². The smallest absolute Gasteiger partial charge is 0.141 e. The van der Waals surface area contributed by atoms with Crippen molar-refractivity contribution in [1.29, 1.82) is 0 Å². The maximum Gasteiger partial charge on any atom is 0.141 e. The number of aliphatic hydroxyl groups is 1. The molecule has 0 aromatic heterocycles. The Labute approximate surface area is 71.4 Å². The quantitative estimate of drug-likeness (QED) is 0.545. The van der Waals surface area contributed by atoms with Gasteiger partial charge in [-0.15, -0.1) is 0 Å². The molecule has 4 bridgehead atoms. The second kappa shape index (κ2) is 2.09. The fourth-order valence-electron chi connectivity index (χ4n) is 3.12. The first kappa shape index (κ1) is 7.04. The van der Waals surface area contributed by atoms with Gasteiger partial charge in [0.25, 0.3) is 0 Å². The second-order valence-electron chi connectivity index (χ2n) is 4.40. The molecule has 66 valence electrons. The fourth-order valence-corrected chi connectivity index (χ4v) is 3.12. The van der Waals surface area contributed by atoms with Crippen molar-refractivity contribution in [2.45, 2.75) is 19.1 Å². The molecule has 3 heterocycles. The number of ketones is 1. The third kappa shape index (κ3) is 0.709. The Morgan fingerprint density at radius 1 is 1.25 bits per heavy atom. The zero-order valence-corrected chi connectivity index (χ0v) is 6.94. The van der Waals surface area contributed by atoms with Gasteiger partial charge in [0, 0.05) is 24.9 Å². The number of nitrogens with zero attached hydrogens (tertiary/aromatic N) is 1. The van der Waals surface area contributed by atoms with Crippen molar-refractivity contribution in [3.05, 3.63) is 0 Å². The van der Waals surface area contributed by atoms with Crippen LogP contribution in [0.15, 0.2) is 0 Å². The molecular weight excluding hydrogens is 154 g/mol. The highest BCUT2D eigenvalue weighted by Crippen LogP contribution is 2.43. The lowest BCUT2D eigenvalue weighted by molar-refractivity contribution is -0.172. The standard InChI is InChI=1S/C9H13NO2/c11-8-6-1-5-2-7(8)4-10(3-6)9(5)12/h5-7,9,12H,1-4H2. The van der Waals surface area contributed by atoms with Crippen LogP contribution in [0.3, 0.4) is 0 Å². The normalized spacial score (nSPS) is 56.4. The highest BCUT2D eigenvalue weighted by atomic mass is 16.3. The number of piperidine rings is 3. The van der Waals surface area contributed by atoms with E-state index in [0.717, 1.165) is 25.9 Å². The Balaban J connectivity index is 1.96. The molecular formula is C9H13NO2. The maximum absolute atomic E-state index is 11.6. The molecule has 0 spiro atoms. The molecule has 1 saturated carbocycles. The molecule has 0 aromatic carbocycles. The summed E-state index contributed by atoms with van der Waals surface area (Å²) >= 11 is 0.